The van der Waals surface area contributed by atoms with Crippen molar-refractivity contribution in [3.8, 4) is 0 Å². The van der Waals surface area contributed by atoms with Crippen molar-refractivity contribution < 1.29 is 4.79 Å². The topological polar surface area (TPSA) is 42.0 Å². The summed E-state index contributed by atoms with van der Waals surface area (Å²) in [5.74, 6) is 1.31. The quantitative estimate of drug-likeness (QED) is 0.909. The van der Waals surface area contributed by atoms with Crippen LogP contribution >= 0.6 is 11.3 Å². The largest absolute Gasteiger partial charge is 0.307 e. The van der Waals surface area contributed by atoms with Crippen LogP contribution in [0.5, 0.6) is 0 Å². The number of fused-ring (bicyclic) bond motifs is 1. The van der Waals surface area contributed by atoms with Crippen LogP contribution in [0.4, 0.5) is 5.82 Å². The van der Waals surface area contributed by atoms with Gasteiger partial charge in [0.2, 0.25) is 0 Å². The van der Waals surface area contributed by atoms with Crippen molar-refractivity contribution in [3.05, 3.63) is 45.8 Å². The molecule has 0 aliphatic heterocycles. The lowest BCUT2D eigenvalue weighted by molar-refractivity contribution is 0.102. The summed E-state index contributed by atoms with van der Waals surface area (Å²) in [5, 5.41) is 4.85. The van der Waals surface area contributed by atoms with Crippen molar-refractivity contribution in [2.45, 2.75) is 26.2 Å². The van der Waals surface area contributed by atoms with Crippen LogP contribution in [0.3, 0.4) is 0 Å². The normalized spacial score (nSPS) is 17.8. The van der Waals surface area contributed by atoms with Gasteiger partial charge in [-0.2, -0.15) is 0 Å². The Morgan fingerprint density at radius 2 is 2.37 bits per heavy atom. The summed E-state index contributed by atoms with van der Waals surface area (Å²) in [4.78, 5) is 17.8. The molecule has 0 unspecified atom stereocenters. The Morgan fingerprint density at radius 1 is 1.47 bits per heavy atom. The number of pyridine rings is 1. The molecule has 1 N–H and O–H groups in total. The summed E-state index contributed by atoms with van der Waals surface area (Å²) in [6.45, 7) is 2.27. The zero-order chi connectivity index (χ0) is 13.2. The minimum Gasteiger partial charge on any atom is -0.307 e. The number of nitrogens with one attached hydrogen (secondary N) is 1. The highest BCUT2D eigenvalue weighted by atomic mass is 32.1. The Morgan fingerprint density at radius 3 is 3.16 bits per heavy atom. The average Bonchev–Trinajstić information content (AvgIpc) is 2.82. The van der Waals surface area contributed by atoms with Gasteiger partial charge in [-0.05, 0) is 42.9 Å². The van der Waals surface area contributed by atoms with E-state index in [0.717, 1.165) is 24.3 Å². The van der Waals surface area contributed by atoms with E-state index in [4.69, 9.17) is 0 Å². The van der Waals surface area contributed by atoms with Crippen molar-refractivity contribution in [3.63, 3.8) is 0 Å². The molecule has 2 heterocycles. The number of carbonyl (C=O) groups is 1. The van der Waals surface area contributed by atoms with Gasteiger partial charge in [-0.25, -0.2) is 4.98 Å². The van der Waals surface area contributed by atoms with Gasteiger partial charge >= 0.3 is 0 Å². The number of hydrogen-bond acceptors (Lipinski definition) is 3. The second kappa shape index (κ2) is 5.13. The molecule has 19 heavy (non-hydrogen) atoms. The van der Waals surface area contributed by atoms with Gasteiger partial charge in [0.1, 0.15) is 5.82 Å². The molecule has 0 spiro atoms. The van der Waals surface area contributed by atoms with Gasteiger partial charge in [0.15, 0.2) is 0 Å². The van der Waals surface area contributed by atoms with Gasteiger partial charge in [-0.1, -0.05) is 13.0 Å². The van der Waals surface area contributed by atoms with Gasteiger partial charge in [-0.3, -0.25) is 4.79 Å². The SMILES string of the molecule is C[C@@H]1CCc2c(C(=O)Nc3ccccn3)csc2C1. The van der Waals surface area contributed by atoms with E-state index >= 15 is 0 Å². The van der Waals surface area contributed by atoms with Gasteiger partial charge < -0.3 is 5.32 Å². The molecule has 1 atom stereocenters. The molecule has 4 heteroatoms. The van der Waals surface area contributed by atoms with Crippen molar-refractivity contribution >= 4 is 23.1 Å². The number of hydrogen-bond donors (Lipinski definition) is 1. The molecule has 2 aromatic heterocycles. The molecule has 0 fully saturated rings. The maximum absolute atomic E-state index is 12.3. The molecular weight excluding hydrogens is 256 g/mol. The number of amides is 1. The van der Waals surface area contributed by atoms with Crippen LogP contribution in [-0.4, -0.2) is 10.9 Å². The zero-order valence-electron chi connectivity index (χ0n) is 10.8. The van der Waals surface area contributed by atoms with Crippen LogP contribution in [0.1, 0.15) is 34.1 Å². The summed E-state index contributed by atoms with van der Waals surface area (Å²) in [6, 6.07) is 5.51. The summed E-state index contributed by atoms with van der Waals surface area (Å²) < 4.78 is 0. The van der Waals surface area contributed by atoms with E-state index in [1.165, 1.54) is 16.9 Å². The molecule has 0 saturated carbocycles. The lowest BCUT2D eigenvalue weighted by atomic mass is 9.88. The standard InChI is InChI=1S/C15H16N2OS/c1-10-5-6-11-12(9-19-13(11)8-10)15(18)17-14-4-2-3-7-16-14/h2-4,7,9-10H,5-6,8H2,1H3,(H,16,17,18)/t10-/m1/s1. The van der Waals surface area contributed by atoms with E-state index in [-0.39, 0.29) is 5.91 Å². The van der Waals surface area contributed by atoms with E-state index in [0.29, 0.717) is 5.82 Å². The molecule has 2 aromatic rings. The Balaban J connectivity index is 1.81. The smallest absolute Gasteiger partial charge is 0.257 e. The first-order valence-electron chi connectivity index (χ1n) is 6.55. The Bertz CT molecular complexity index is 591. The maximum atomic E-state index is 12.3. The third-order valence-electron chi connectivity index (χ3n) is 3.55. The average molecular weight is 272 g/mol. The predicted octanol–water partition coefficient (Wildman–Crippen LogP) is 3.52. The van der Waals surface area contributed by atoms with E-state index in [9.17, 15) is 4.79 Å². The highest BCUT2D eigenvalue weighted by molar-refractivity contribution is 7.10. The summed E-state index contributed by atoms with van der Waals surface area (Å²) in [5.41, 5.74) is 2.08. The first kappa shape index (κ1) is 12.4. The number of anilines is 1. The lowest BCUT2D eigenvalue weighted by Gasteiger charge is -2.18. The predicted molar refractivity (Wildman–Crippen MR) is 77.7 cm³/mol. The second-order valence-corrected chi connectivity index (χ2v) is 6.03. The number of carbonyl (C=O) groups excluding carboxylic acids is 1. The van der Waals surface area contributed by atoms with Crippen molar-refractivity contribution in [2.24, 2.45) is 5.92 Å². The molecule has 0 saturated heterocycles. The fourth-order valence-electron chi connectivity index (χ4n) is 2.49. The van der Waals surface area contributed by atoms with E-state index in [1.807, 2.05) is 17.5 Å². The molecule has 1 aliphatic carbocycles. The highest BCUT2D eigenvalue weighted by Crippen LogP contribution is 2.33. The zero-order valence-corrected chi connectivity index (χ0v) is 11.7. The Kier molecular flexibility index (Phi) is 3.34. The molecule has 1 amide bonds. The fraction of sp³-hybridized carbons (Fsp3) is 0.333. The monoisotopic (exact) mass is 272 g/mol. The van der Waals surface area contributed by atoms with Crippen molar-refractivity contribution in [2.75, 3.05) is 5.32 Å². The summed E-state index contributed by atoms with van der Waals surface area (Å²) >= 11 is 1.71. The Labute approximate surface area is 116 Å². The summed E-state index contributed by atoms with van der Waals surface area (Å²) in [6.07, 6.45) is 4.98. The van der Waals surface area contributed by atoms with E-state index < -0.39 is 0 Å². The Hall–Kier alpha value is -1.68. The van der Waals surface area contributed by atoms with Crippen molar-refractivity contribution in [1.29, 1.82) is 0 Å². The molecule has 3 rings (SSSR count). The number of nitrogens with zero attached hydrogens (tertiary/aromatic N) is 1. The van der Waals surface area contributed by atoms with Gasteiger partial charge in [0.25, 0.3) is 5.91 Å². The summed E-state index contributed by atoms with van der Waals surface area (Å²) in [7, 11) is 0. The first-order valence-corrected chi connectivity index (χ1v) is 7.43. The number of aromatic nitrogens is 1. The van der Waals surface area contributed by atoms with E-state index in [1.54, 1.807) is 23.6 Å². The number of thiophene rings is 1. The highest BCUT2D eigenvalue weighted by Gasteiger charge is 2.23. The third kappa shape index (κ3) is 2.54. The van der Waals surface area contributed by atoms with Crippen LogP contribution in [0, 0.1) is 5.92 Å². The maximum Gasteiger partial charge on any atom is 0.257 e. The minimum atomic E-state index is -0.0363. The van der Waals surface area contributed by atoms with E-state index in [2.05, 4.69) is 17.2 Å². The van der Waals surface area contributed by atoms with Gasteiger partial charge in [-0.15, -0.1) is 11.3 Å². The van der Waals surface area contributed by atoms with Crippen molar-refractivity contribution in [1.82, 2.24) is 4.98 Å². The van der Waals surface area contributed by atoms with Crippen LogP contribution < -0.4 is 5.32 Å². The van der Waals surface area contributed by atoms with Crippen LogP contribution in [0.2, 0.25) is 0 Å². The minimum absolute atomic E-state index is 0.0363. The lowest BCUT2D eigenvalue weighted by Crippen LogP contribution is -2.16. The molecule has 3 nitrogen and oxygen atoms in total. The molecule has 98 valence electrons. The number of rotatable bonds is 2. The molecule has 0 aromatic carbocycles. The van der Waals surface area contributed by atoms with Gasteiger partial charge in [0, 0.05) is 16.5 Å². The molecule has 1 aliphatic rings. The van der Waals surface area contributed by atoms with Crippen LogP contribution in [0.25, 0.3) is 0 Å². The van der Waals surface area contributed by atoms with Crippen LogP contribution in [-0.2, 0) is 12.8 Å². The molecular formula is C15H16N2OS. The van der Waals surface area contributed by atoms with Crippen LogP contribution in [0.15, 0.2) is 29.8 Å². The fourth-order valence-corrected chi connectivity index (χ4v) is 3.73. The second-order valence-electron chi connectivity index (χ2n) is 5.07. The third-order valence-corrected chi connectivity index (χ3v) is 4.60. The first-order chi connectivity index (χ1) is 9.24. The van der Waals surface area contributed by atoms with Gasteiger partial charge in [0.05, 0.1) is 5.56 Å². The molecule has 0 bridgehead atoms. The molecule has 0 radical (unpaired) electrons.